The second-order valence-corrected chi connectivity index (χ2v) is 7.95. The monoisotopic (exact) mass is 394 g/mol. The number of carbonyl (C=O) groups is 3. The summed E-state index contributed by atoms with van der Waals surface area (Å²) in [5, 5.41) is -0.0457. The number of nitrogens with zero attached hydrogens (tertiary/aromatic N) is 3. The molecule has 3 rings (SSSR count). The van der Waals surface area contributed by atoms with Gasteiger partial charge < -0.3 is 14.8 Å². The van der Waals surface area contributed by atoms with Crippen molar-refractivity contribution >= 4 is 29.4 Å². The Bertz CT molecular complexity index is 842. The van der Waals surface area contributed by atoms with Gasteiger partial charge in [-0.25, -0.2) is 4.79 Å². The zero-order valence-corrected chi connectivity index (χ0v) is 16.4. The van der Waals surface area contributed by atoms with Crippen LogP contribution in [0.2, 0.25) is 5.02 Å². The van der Waals surface area contributed by atoms with Crippen molar-refractivity contribution in [2.75, 3.05) is 26.7 Å². The number of pyridine rings is 1. The van der Waals surface area contributed by atoms with Crippen LogP contribution in [0.1, 0.15) is 37.0 Å². The minimum Gasteiger partial charge on any atom is -0.338 e. The van der Waals surface area contributed by atoms with Gasteiger partial charge in [0.25, 0.3) is 17.4 Å². The molecule has 4 amide bonds. The van der Waals surface area contributed by atoms with Crippen molar-refractivity contribution < 1.29 is 14.4 Å². The molecule has 3 heterocycles. The number of aromatic nitrogens is 1. The standard InChI is InChI=1S/C18H23ClN4O4/c1-11(2)10-23-17(27)21(3)16(26)18(23)4-6-22(7-5-18)15(25)12-8-13(19)14(24)20-9-12/h8-9,11H,4-7,10H2,1-3H3,(H,20,24). The van der Waals surface area contributed by atoms with Crippen molar-refractivity contribution in [1.82, 2.24) is 19.7 Å². The maximum atomic E-state index is 12.8. The molecule has 27 heavy (non-hydrogen) atoms. The van der Waals surface area contributed by atoms with E-state index in [0.29, 0.717) is 38.0 Å². The molecular weight excluding hydrogens is 372 g/mol. The van der Waals surface area contributed by atoms with E-state index in [4.69, 9.17) is 11.6 Å². The van der Waals surface area contributed by atoms with Gasteiger partial charge in [-0.1, -0.05) is 25.4 Å². The number of imide groups is 1. The molecular formula is C18H23ClN4O4. The van der Waals surface area contributed by atoms with Crippen LogP contribution in [0.4, 0.5) is 4.79 Å². The maximum Gasteiger partial charge on any atom is 0.327 e. The van der Waals surface area contributed by atoms with Crippen molar-refractivity contribution in [2.45, 2.75) is 32.2 Å². The Kier molecular flexibility index (Phi) is 5.03. The van der Waals surface area contributed by atoms with Crippen LogP contribution in [-0.2, 0) is 4.79 Å². The molecule has 2 saturated heterocycles. The van der Waals surface area contributed by atoms with Crippen molar-refractivity contribution in [2.24, 2.45) is 5.92 Å². The van der Waals surface area contributed by atoms with Gasteiger partial charge in [-0.15, -0.1) is 0 Å². The largest absolute Gasteiger partial charge is 0.338 e. The average molecular weight is 395 g/mol. The molecule has 1 aromatic heterocycles. The molecule has 2 aliphatic heterocycles. The topological polar surface area (TPSA) is 93.8 Å². The molecule has 2 fully saturated rings. The van der Waals surface area contributed by atoms with E-state index < -0.39 is 11.1 Å². The highest BCUT2D eigenvalue weighted by Gasteiger charge is 2.57. The summed E-state index contributed by atoms with van der Waals surface area (Å²) in [5.74, 6) is -0.232. The van der Waals surface area contributed by atoms with Crippen LogP contribution in [0, 0.1) is 5.92 Å². The van der Waals surface area contributed by atoms with Crippen LogP contribution in [0.5, 0.6) is 0 Å². The molecule has 9 heteroatoms. The van der Waals surface area contributed by atoms with Crippen LogP contribution in [0.25, 0.3) is 0 Å². The summed E-state index contributed by atoms with van der Waals surface area (Å²) in [6, 6.07) is 1.07. The quantitative estimate of drug-likeness (QED) is 0.787. The van der Waals surface area contributed by atoms with Gasteiger partial charge in [-0.05, 0) is 24.8 Å². The lowest BCUT2D eigenvalue weighted by atomic mass is 9.85. The Labute approximate surface area is 162 Å². The van der Waals surface area contributed by atoms with Gasteiger partial charge in [0.1, 0.15) is 10.6 Å². The highest BCUT2D eigenvalue weighted by Crippen LogP contribution is 2.37. The summed E-state index contributed by atoms with van der Waals surface area (Å²) in [5.41, 5.74) is -1.04. The van der Waals surface area contributed by atoms with Gasteiger partial charge in [0.05, 0.1) is 5.56 Å². The lowest BCUT2D eigenvalue weighted by molar-refractivity contribution is -0.134. The molecule has 2 aliphatic rings. The number of piperidine rings is 1. The molecule has 146 valence electrons. The fraction of sp³-hybridized carbons (Fsp3) is 0.556. The van der Waals surface area contributed by atoms with E-state index in [1.807, 2.05) is 13.8 Å². The van der Waals surface area contributed by atoms with Gasteiger partial charge in [-0.3, -0.25) is 19.3 Å². The van der Waals surface area contributed by atoms with Gasteiger partial charge in [0.15, 0.2) is 0 Å². The maximum absolute atomic E-state index is 12.8. The highest BCUT2D eigenvalue weighted by atomic mass is 35.5. The SMILES string of the molecule is CC(C)CN1C(=O)N(C)C(=O)C12CCN(C(=O)c1c[nH]c(=O)c(Cl)c1)CC2. The number of amides is 4. The zero-order chi connectivity index (χ0) is 19.9. The van der Waals surface area contributed by atoms with Crippen molar-refractivity contribution in [1.29, 1.82) is 0 Å². The van der Waals surface area contributed by atoms with E-state index in [9.17, 15) is 19.2 Å². The Morgan fingerprint density at radius 3 is 2.44 bits per heavy atom. The van der Waals surface area contributed by atoms with Crippen molar-refractivity contribution in [3.8, 4) is 0 Å². The molecule has 8 nitrogen and oxygen atoms in total. The molecule has 0 saturated carbocycles. The number of aromatic amines is 1. The molecule has 1 aromatic rings. The molecule has 0 unspecified atom stereocenters. The van der Waals surface area contributed by atoms with Crippen LogP contribution in [0.3, 0.4) is 0 Å². The summed E-state index contributed by atoms with van der Waals surface area (Å²) < 4.78 is 0. The van der Waals surface area contributed by atoms with Crippen LogP contribution in [-0.4, -0.2) is 69.8 Å². The summed E-state index contributed by atoms with van der Waals surface area (Å²) >= 11 is 5.81. The highest BCUT2D eigenvalue weighted by molar-refractivity contribution is 6.30. The van der Waals surface area contributed by atoms with Crippen molar-refractivity contribution in [3.63, 3.8) is 0 Å². The second-order valence-electron chi connectivity index (χ2n) is 7.54. The molecule has 1 N–H and O–H groups in total. The summed E-state index contributed by atoms with van der Waals surface area (Å²) in [6.45, 7) is 5.19. The predicted octanol–water partition coefficient (Wildman–Crippen LogP) is 1.55. The minimum atomic E-state index is -0.879. The first-order valence-electron chi connectivity index (χ1n) is 8.94. The van der Waals surface area contributed by atoms with E-state index in [0.717, 1.165) is 0 Å². The van der Waals surface area contributed by atoms with E-state index in [1.54, 1.807) is 9.80 Å². The third kappa shape index (κ3) is 3.22. The average Bonchev–Trinajstić information content (AvgIpc) is 2.80. The number of urea groups is 1. The molecule has 0 radical (unpaired) electrons. The predicted molar refractivity (Wildman–Crippen MR) is 99.7 cm³/mol. The van der Waals surface area contributed by atoms with E-state index in [1.165, 1.54) is 24.2 Å². The number of likely N-dealkylation sites (tertiary alicyclic amines) is 1. The number of nitrogens with one attached hydrogen (secondary N) is 1. The molecule has 0 aromatic carbocycles. The van der Waals surface area contributed by atoms with Gasteiger partial charge >= 0.3 is 6.03 Å². The number of H-pyrrole nitrogens is 1. The van der Waals surface area contributed by atoms with E-state index in [-0.39, 0.29) is 28.8 Å². The molecule has 0 bridgehead atoms. The number of rotatable bonds is 3. The summed E-state index contributed by atoms with van der Waals surface area (Å²) in [4.78, 5) is 56.3. The van der Waals surface area contributed by atoms with Crippen LogP contribution >= 0.6 is 11.6 Å². The molecule has 1 spiro atoms. The molecule has 0 atom stereocenters. The molecule has 0 aliphatic carbocycles. The minimum absolute atomic E-state index is 0.0457. The fourth-order valence-electron chi connectivity index (χ4n) is 3.82. The fourth-order valence-corrected chi connectivity index (χ4v) is 3.99. The number of hydrogen-bond donors (Lipinski definition) is 1. The number of likely N-dealkylation sites (N-methyl/N-ethyl adjacent to an activating group) is 1. The van der Waals surface area contributed by atoms with Crippen LogP contribution in [0.15, 0.2) is 17.1 Å². The first-order chi connectivity index (χ1) is 12.7. The first-order valence-corrected chi connectivity index (χ1v) is 9.32. The van der Waals surface area contributed by atoms with Crippen molar-refractivity contribution in [3.05, 3.63) is 33.2 Å². The van der Waals surface area contributed by atoms with Gasteiger partial charge in [0, 0.05) is 32.9 Å². The first kappa shape index (κ1) is 19.4. The van der Waals surface area contributed by atoms with Gasteiger partial charge in [0.2, 0.25) is 0 Å². The summed E-state index contributed by atoms with van der Waals surface area (Å²) in [6.07, 6.45) is 2.11. The van der Waals surface area contributed by atoms with E-state index in [2.05, 4.69) is 4.98 Å². The number of hydrogen-bond acceptors (Lipinski definition) is 4. The summed E-state index contributed by atoms with van der Waals surface area (Å²) in [7, 11) is 1.51. The van der Waals surface area contributed by atoms with Crippen LogP contribution < -0.4 is 5.56 Å². The Hall–Kier alpha value is -2.35. The Balaban J connectivity index is 1.79. The lowest BCUT2D eigenvalue weighted by Gasteiger charge is -2.42. The smallest absolute Gasteiger partial charge is 0.327 e. The number of halogens is 1. The van der Waals surface area contributed by atoms with Gasteiger partial charge in [-0.2, -0.15) is 0 Å². The Morgan fingerprint density at radius 1 is 1.26 bits per heavy atom. The number of carbonyl (C=O) groups excluding carboxylic acids is 3. The lowest BCUT2D eigenvalue weighted by Crippen LogP contribution is -2.58. The third-order valence-electron chi connectivity index (χ3n) is 5.27. The second kappa shape index (κ2) is 6.99. The normalized spacial score (nSPS) is 19.5. The Morgan fingerprint density at radius 2 is 1.89 bits per heavy atom. The van der Waals surface area contributed by atoms with E-state index >= 15 is 0 Å². The third-order valence-corrected chi connectivity index (χ3v) is 5.55. The zero-order valence-electron chi connectivity index (χ0n) is 15.6.